The zero-order chi connectivity index (χ0) is 13.7. The molecule has 0 spiro atoms. The van der Waals surface area contributed by atoms with Crippen LogP contribution in [0.3, 0.4) is 0 Å². The van der Waals surface area contributed by atoms with Crippen LogP contribution < -0.4 is 10.6 Å². The maximum absolute atomic E-state index is 12.2. The lowest BCUT2D eigenvalue weighted by atomic mass is 9.97. The van der Waals surface area contributed by atoms with E-state index in [0.717, 1.165) is 41.7 Å². The number of carbonyl (C=O) groups is 1. The van der Waals surface area contributed by atoms with E-state index in [4.69, 9.17) is 4.74 Å². The third-order valence-electron chi connectivity index (χ3n) is 3.38. The normalized spacial score (nSPS) is 15.5. The van der Waals surface area contributed by atoms with Gasteiger partial charge in [-0.1, -0.05) is 22.0 Å². The van der Waals surface area contributed by atoms with Gasteiger partial charge in [-0.15, -0.1) is 12.4 Å². The SMILES string of the molecule is COCc1c(Br)cccc1NC(=O)C1CCNCC1.Cl. The minimum atomic E-state index is 0. The van der Waals surface area contributed by atoms with E-state index < -0.39 is 0 Å². The molecule has 0 bridgehead atoms. The summed E-state index contributed by atoms with van der Waals surface area (Å²) in [5.74, 6) is 0.215. The molecule has 20 heavy (non-hydrogen) atoms. The first kappa shape index (κ1) is 17.4. The van der Waals surface area contributed by atoms with Gasteiger partial charge in [-0.25, -0.2) is 0 Å². The van der Waals surface area contributed by atoms with Crippen LogP contribution in [0.15, 0.2) is 22.7 Å². The molecule has 1 aliphatic rings. The van der Waals surface area contributed by atoms with Crippen molar-refractivity contribution < 1.29 is 9.53 Å². The number of halogens is 2. The number of anilines is 1. The van der Waals surface area contributed by atoms with Gasteiger partial charge in [0, 0.05) is 28.8 Å². The molecule has 4 nitrogen and oxygen atoms in total. The molecule has 0 aliphatic carbocycles. The van der Waals surface area contributed by atoms with Gasteiger partial charge in [0.15, 0.2) is 0 Å². The van der Waals surface area contributed by atoms with Crippen LogP contribution in [0.25, 0.3) is 0 Å². The van der Waals surface area contributed by atoms with Crippen molar-refractivity contribution in [3.05, 3.63) is 28.2 Å². The van der Waals surface area contributed by atoms with E-state index in [1.165, 1.54) is 0 Å². The lowest BCUT2D eigenvalue weighted by Gasteiger charge is -2.22. The van der Waals surface area contributed by atoms with E-state index >= 15 is 0 Å². The number of amides is 1. The maximum atomic E-state index is 12.2. The molecule has 1 saturated heterocycles. The van der Waals surface area contributed by atoms with Gasteiger partial charge in [0.05, 0.1) is 6.61 Å². The van der Waals surface area contributed by atoms with Crippen LogP contribution in [0.2, 0.25) is 0 Å². The van der Waals surface area contributed by atoms with Crippen molar-refractivity contribution in [1.29, 1.82) is 0 Å². The fourth-order valence-electron chi connectivity index (χ4n) is 2.29. The molecule has 0 aromatic heterocycles. The summed E-state index contributed by atoms with van der Waals surface area (Å²) in [4.78, 5) is 12.2. The number of ether oxygens (including phenoxy) is 1. The molecular formula is C14H20BrClN2O2. The number of nitrogens with one attached hydrogen (secondary N) is 2. The fraction of sp³-hybridized carbons (Fsp3) is 0.500. The van der Waals surface area contributed by atoms with E-state index in [2.05, 4.69) is 26.6 Å². The minimum absolute atomic E-state index is 0. The van der Waals surface area contributed by atoms with E-state index in [1.807, 2.05) is 18.2 Å². The predicted octanol–water partition coefficient (Wildman–Crippen LogP) is 2.96. The summed E-state index contributed by atoms with van der Waals surface area (Å²) in [6, 6.07) is 5.79. The first-order chi connectivity index (χ1) is 9.22. The van der Waals surface area contributed by atoms with Crippen LogP contribution in [0.4, 0.5) is 5.69 Å². The Labute approximate surface area is 134 Å². The third-order valence-corrected chi connectivity index (χ3v) is 4.12. The monoisotopic (exact) mass is 362 g/mol. The van der Waals surface area contributed by atoms with Gasteiger partial charge in [-0.3, -0.25) is 4.79 Å². The summed E-state index contributed by atoms with van der Waals surface area (Å²) in [6.45, 7) is 2.31. The van der Waals surface area contributed by atoms with Gasteiger partial charge in [-0.05, 0) is 38.1 Å². The molecule has 1 heterocycles. The molecule has 1 fully saturated rings. The average Bonchev–Trinajstić information content (AvgIpc) is 2.43. The first-order valence-electron chi connectivity index (χ1n) is 6.50. The molecule has 1 aromatic carbocycles. The molecule has 0 atom stereocenters. The van der Waals surface area contributed by atoms with Crippen LogP contribution in [0.5, 0.6) is 0 Å². The molecule has 2 N–H and O–H groups in total. The number of benzene rings is 1. The smallest absolute Gasteiger partial charge is 0.227 e. The third kappa shape index (κ3) is 4.45. The molecular weight excluding hydrogens is 344 g/mol. The summed E-state index contributed by atoms with van der Waals surface area (Å²) in [5, 5.41) is 6.30. The summed E-state index contributed by atoms with van der Waals surface area (Å²) in [5.41, 5.74) is 1.81. The number of piperidine rings is 1. The number of methoxy groups -OCH3 is 1. The maximum Gasteiger partial charge on any atom is 0.227 e. The summed E-state index contributed by atoms with van der Waals surface area (Å²) >= 11 is 3.49. The van der Waals surface area contributed by atoms with Gasteiger partial charge in [0.1, 0.15) is 0 Å². The summed E-state index contributed by atoms with van der Waals surface area (Å²) < 4.78 is 6.14. The van der Waals surface area contributed by atoms with Crippen LogP contribution in [-0.2, 0) is 16.1 Å². The molecule has 6 heteroatoms. The van der Waals surface area contributed by atoms with Gasteiger partial charge in [0.2, 0.25) is 5.91 Å². The Morgan fingerprint density at radius 2 is 2.15 bits per heavy atom. The molecule has 1 aliphatic heterocycles. The Balaban J connectivity index is 0.00000200. The highest BCUT2D eigenvalue weighted by Gasteiger charge is 2.21. The second-order valence-electron chi connectivity index (χ2n) is 4.71. The highest BCUT2D eigenvalue weighted by molar-refractivity contribution is 9.10. The summed E-state index contributed by atoms with van der Waals surface area (Å²) in [7, 11) is 1.65. The first-order valence-corrected chi connectivity index (χ1v) is 7.29. The van der Waals surface area contributed by atoms with Crippen molar-refractivity contribution in [2.75, 3.05) is 25.5 Å². The Hall–Kier alpha value is -0.620. The van der Waals surface area contributed by atoms with E-state index in [1.54, 1.807) is 7.11 Å². The Kier molecular flexibility index (Phi) is 7.51. The van der Waals surface area contributed by atoms with Crippen LogP contribution in [-0.4, -0.2) is 26.1 Å². The molecule has 2 rings (SSSR count). The standard InChI is InChI=1S/C14H19BrN2O2.ClH/c1-19-9-11-12(15)3-2-4-13(11)17-14(18)10-5-7-16-8-6-10;/h2-4,10,16H,5-9H2,1H3,(H,17,18);1H. The zero-order valence-corrected chi connectivity index (χ0v) is 13.9. The highest BCUT2D eigenvalue weighted by atomic mass is 79.9. The summed E-state index contributed by atoms with van der Waals surface area (Å²) in [6.07, 6.45) is 1.80. The Bertz CT molecular complexity index is 451. The predicted molar refractivity (Wildman–Crippen MR) is 86.3 cm³/mol. The molecule has 0 unspecified atom stereocenters. The average molecular weight is 364 g/mol. The largest absolute Gasteiger partial charge is 0.380 e. The lowest BCUT2D eigenvalue weighted by molar-refractivity contribution is -0.120. The Morgan fingerprint density at radius 3 is 2.80 bits per heavy atom. The molecule has 1 aromatic rings. The second kappa shape index (κ2) is 8.62. The van der Waals surface area contributed by atoms with E-state index in [0.29, 0.717) is 6.61 Å². The highest BCUT2D eigenvalue weighted by Crippen LogP contribution is 2.26. The topological polar surface area (TPSA) is 50.4 Å². The second-order valence-corrected chi connectivity index (χ2v) is 5.57. The van der Waals surface area contributed by atoms with Crippen molar-refractivity contribution in [2.24, 2.45) is 5.92 Å². The van der Waals surface area contributed by atoms with Gasteiger partial charge >= 0.3 is 0 Å². The minimum Gasteiger partial charge on any atom is -0.380 e. The molecule has 1 amide bonds. The van der Waals surface area contributed by atoms with Crippen LogP contribution in [0.1, 0.15) is 18.4 Å². The number of hydrogen-bond acceptors (Lipinski definition) is 3. The molecule has 0 saturated carbocycles. The van der Waals surface area contributed by atoms with Gasteiger partial charge < -0.3 is 15.4 Å². The van der Waals surface area contributed by atoms with Crippen LogP contribution >= 0.6 is 28.3 Å². The number of hydrogen-bond donors (Lipinski definition) is 2. The van der Waals surface area contributed by atoms with E-state index in [-0.39, 0.29) is 24.2 Å². The Morgan fingerprint density at radius 1 is 1.45 bits per heavy atom. The number of carbonyl (C=O) groups excluding carboxylic acids is 1. The quantitative estimate of drug-likeness (QED) is 0.865. The van der Waals surface area contributed by atoms with Gasteiger partial charge in [0.25, 0.3) is 0 Å². The van der Waals surface area contributed by atoms with Crippen molar-refractivity contribution in [1.82, 2.24) is 5.32 Å². The molecule has 112 valence electrons. The molecule has 0 radical (unpaired) electrons. The van der Waals surface area contributed by atoms with Crippen LogP contribution in [0, 0.1) is 5.92 Å². The van der Waals surface area contributed by atoms with Crippen molar-refractivity contribution in [3.63, 3.8) is 0 Å². The van der Waals surface area contributed by atoms with Crippen molar-refractivity contribution in [2.45, 2.75) is 19.4 Å². The lowest BCUT2D eigenvalue weighted by Crippen LogP contribution is -2.34. The van der Waals surface area contributed by atoms with Crippen molar-refractivity contribution in [3.8, 4) is 0 Å². The van der Waals surface area contributed by atoms with E-state index in [9.17, 15) is 4.79 Å². The van der Waals surface area contributed by atoms with Gasteiger partial charge in [-0.2, -0.15) is 0 Å². The fourth-order valence-corrected chi connectivity index (χ4v) is 2.77. The van der Waals surface area contributed by atoms with Crippen molar-refractivity contribution >= 4 is 39.9 Å². The number of rotatable bonds is 4. The zero-order valence-electron chi connectivity index (χ0n) is 11.4.